The van der Waals surface area contributed by atoms with E-state index in [0.717, 1.165) is 18.8 Å². The standard InChI is InChI=1S/C10H19N3/c1-10(2,3)5-7-11-8-9-4-6-12-13-9/h4,6,11H,5,7-8H2,1-3H3,(H,12,13). The number of hydrogen-bond donors (Lipinski definition) is 2. The molecule has 3 nitrogen and oxygen atoms in total. The maximum atomic E-state index is 3.88. The van der Waals surface area contributed by atoms with Gasteiger partial charge in [-0.15, -0.1) is 0 Å². The van der Waals surface area contributed by atoms with Crippen molar-refractivity contribution in [2.45, 2.75) is 33.7 Å². The predicted molar refractivity (Wildman–Crippen MR) is 54.4 cm³/mol. The Kier molecular flexibility index (Phi) is 3.48. The first-order valence-corrected chi connectivity index (χ1v) is 4.77. The maximum Gasteiger partial charge on any atom is 0.0490 e. The Morgan fingerprint density at radius 3 is 2.77 bits per heavy atom. The van der Waals surface area contributed by atoms with Crippen molar-refractivity contribution < 1.29 is 0 Å². The molecule has 0 aliphatic carbocycles. The van der Waals surface area contributed by atoms with E-state index in [1.807, 2.05) is 6.07 Å². The van der Waals surface area contributed by atoms with Gasteiger partial charge in [0.25, 0.3) is 0 Å². The smallest absolute Gasteiger partial charge is 0.0490 e. The number of nitrogens with zero attached hydrogens (tertiary/aromatic N) is 1. The Bertz CT molecular complexity index is 221. The number of hydrogen-bond acceptors (Lipinski definition) is 2. The van der Waals surface area contributed by atoms with Crippen LogP contribution < -0.4 is 5.32 Å². The molecule has 0 aliphatic heterocycles. The first kappa shape index (κ1) is 10.3. The van der Waals surface area contributed by atoms with Gasteiger partial charge >= 0.3 is 0 Å². The summed E-state index contributed by atoms with van der Waals surface area (Å²) in [6, 6.07) is 1.99. The molecule has 74 valence electrons. The molecule has 0 saturated carbocycles. The van der Waals surface area contributed by atoms with E-state index in [0.29, 0.717) is 5.41 Å². The topological polar surface area (TPSA) is 40.7 Å². The summed E-state index contributed by atoms with van der Waals surface area (Å²) in [4.78, 5) is 0. The van der Waals surface area contributed by atoms with Crippen molar-refractivity contribution in [2.24, 2.45) is 5.41 Å². The van der Waals surface area contributed by atoms with Crippen LogP contribution >= 0.6 is 0 Å². The third-order valence-electron chi connectivity index (χ3n) is 1.93. The van der Waals surface area contributed by atoms with Crippen LogP contribution in [0.2, 0.25) is 0 Å². The molecule has 0 spiro atoms. The van der Waals surface area contributed by atoms with Crippen molar-refractivity contribution in [2.75, 3.05) is 6.54 Å². The molecule has 13 heavy (non-hydrogen) atoms. The fourth-order valence-corrected chi connectivity index (χ4v) is 1.07. The number of rotatable bonds is 4. The summed E-state index contributed by atoms with van der Waals surface area (Å²) in [6.07, 6.45) is 2.97. The van der Waals surface area contributed by atoms with E-state index < -0.39 is 0 Å². The Morgan fingerprint density at radius 2 is 2.23 bits per heavy atom. The van der Waals surface area contributed by atoms with Gasteiger partial charge in [-0.05, 0) is 24.4 Å². The normalized spacial score (nSPS) is 11.9. The minimum atomic E-state index is 0.418. The fraction of sp³-hybridized carbons (Fsp3) is 0.700. The van der Waals surface area contributed by atoms with Crippen molar-refractivity contribution in [1.82, 2.24) is 15.5 Å². The Labute approximate surface area is 79.9 Å². The first-order valence-electron chi connectivity index (χ1n) is 4.77. The number of H-pyrrole nitrogens is 1. The molecule has 0 aromatic carbocycles. The average Bonchev–Trinajstić information content (AvgIpc) is 2.48. The second-order valence-corrected chi connectivity index (χ2v) is 4.57. The molecule has 0 amide bonds. The quantitative estimate of drug-likeness (QED) is 0.697. The number of aromatic amines is 1. The molecule has 0 unspecified atom stereocenters. The van der Waals surface area contributed by atoms with Crippen molar-refractivity contribution in [3.05, 3.63) is 18.0 Å². The van der Waals surface area contributed by atoms with Crippen LogP contribution in [0.1, 0.15) is 32.9 Å². The van der Waals surface area contributed by atoms with E-state index in [1.54, 1.807) is 6.20 Å². The molecule has 2 N–H and O–H groups in total. The summed E-state index contributed by atoms with van der Waals surface area (Å²) in [5.41, 5.74) is 1.56. The van der Waals surface area contributed by atoms with Gasteiger partial charge in [-0.2, -0.15) is 5.10 Å². The molecule has 1 aromatic rings. The third-order valence-corrected chi connectivity index (χ3v) is 1.93. The lowest BCUT2D eigenvalue weighted by Gasteiger charge is -2.17. The van der Waals surface area contributed by atoms with Crippen LogP contribution in [0, 0.1) is 5.41 Å². The van der Waals surface area contributed by atoms with Crippen molar-refractivity contribution in [1.29, 1.82) is 0 Å². The lowest BCUT2D eigenvalue weighted by atomic mass is 9.92. The van der Waals surface area contributed by atoms with Gasteiger partial charge in [0, 0.05) is 18.4 Å². The van der Waals surface area contributed by atoms with Gasteiger partial charge in [-0.25, -0.2) is 0 Å². The number of aromatic nitrogens is 2. The van der Waals surface area contributed by atoms with E-state index in [1.165, 1.54) is 6.42 Å². The molecule has 0 aliphatic rings. The fourth-order valence-electron chi connectivity index (χ4n) is 1.07. The van der Waals surface area contributed by atoms with Gasteiger partial charge in [0.15, 0.2) is 0 Å². The molecule has 0 fully saturated rings. The summed E-state index contributed by atoms with van der Waals surface area (Å²) >= 11 is 0. The summed E-state index contributed by atoms with van der Waals surface area (Å²) < 4.78 is 0. The molecule has 0 radical (unpaired) electrons. The van der Waals surface area contributed by atoms with Gasteiger partial charge in [0.05, 0.1) is 0 Å². The molecule has 0 bridgehead atoms. The van der Waals surface area contributed by atoms with Crippen LogP contribution in [0.15, 0.2) is 12.3 Å². The molecule has 3 heteroatoms. The summed E-state index contributed by atoms with van der Waals surface area (Å²) in [5, 5.41) is 10.2. The Balaban J connectivity index is 2.09. The van der Waals surface area contributed by atoms with Gasteiger partial charge in [0.2, 0.25) is 0 Å². The summed E-state index contributed by atoms with van der Waals surface area (Å²) in [7, 11) is 0. The summed E-state index contributed by atoms with van der Waals surface area (Å²) in [5.74, 6) is 0. The van der Waals surface area contributed by atoms with Crippen LogP contribution in [0.4, 0.5) is 0 Å². The second kappa shape index (κ2) is 4.42. The lowest BCUT2D eigenvalue weighted by molar-refractivity contribution is 0.366. The average molecular weight is 181 g/mol. The van der Waals surface area contributed by atoms with E-state index in [-0.39, 0.29) is 0 Å². The lowest BCUT2D eigenvalue weighted by Crippen LogP contribution is -2.20. The van der Waals surface area contributed by atoms with E-state index in [2.05, 4.69) is 36.3 Å². The molecule has 1 heterocycles. The van der Waals surface area contributed by atoms with E-state index in [9.17, 15) is 0 Å². The monoisotopic (exact) mass is 181 g/mol. The first-order chi connectivity index (χ1) is 6.08. The Morgan fingerprint density at radius 1 is 1.46 bits per heavy atom. The number of nitrogens with one attached hydrogen (secondary N) is 2. The van der Waals surface area contributed by atoms with Gasteiger partial charge in [-0.1, -0.05) is 20.8 Å². The van der Waals surface area contributed by atoms with Crippen LogP contribution in [-0.2, 0) is 6.54 Å². The minimum absolute atomic E-state index is 0.418. The van der Waals surface area contributed by atoms with E-state index in [4.69, 9.17) is 0 Å². The molecule has 1 aromatic heterocycles. The molecule has 0 saturated heterocycles. The SMILES string of the molecule is CC(C)(C)CCNCc1ccn[nH]1. The second-order valence-electron chi connectivity index (χ2n) is 4.57. The highest BCUT2D eigenvalue weighted by atomic mass is 15.1. The molecule has 0 atom stereocenters. The molecule has 1 rings (SSSR count). The van der Waals surface area contributed by atoms with Crippen LogP contribution in [-0.4, -0.2) is 16.7 Å². The predicted octanol–water partition coefficient (Wildman–Crippen LogP) is 1.94. The zero-order valence-electron chi connectivity index (χ0n) is 8.72. The van der Waals surface area contributed by atoms with Crippen LogP contribution in [0.3, 0.4) is 0 Å². The highest BCUT2D eigenvalue weighted by Crippen LogP contribution is 2.16. The maximum absolute atomic E-state index is 3.88. The van der Waals surface area contributed by atoms with Crippen molar-refractivity contribution in [3.63, 3.8) is 0 Å². The zero-order chi connectivity index (χ0) is 9.73. The summed E-state index contributed by atoms with van der Waals surface area (Å²) in [6.45, 7) is 8.71. The van der Waals surface area contributed by atoms with Crippen LogP contribution in [0.5, 0.6) is 0 Å². The minimum Gasteiger partial charge on any atom is -0.311 e. The van der Waals surface area contributed by atoms with E-state index >= 15 is 0 Å². The third kappa shape index (κ3) is 4.68. The van der Waals surface area contributed by atoms with Gasteiger partial charge in [-0.3, -0.25) is 5.10 Å². The zero-order valence-corrected chi connectivity index (χ0v) is 8.72. The van der Waals surface area contributed by atoms with Crippen molar-refractivity contribution in [3.8, 4) is 0 Å². The molecular weight excluding hydrogens is 162 g/mol. The Hall–Kier alpha value is -0.830. The highest BCUT2D eigenvalue weighted by molar-refractivity contribution is 4.96. The van der Waals surface area contributed by atoms with Gasteiger partial charge < -0.3 is 5.32 Å². The van der Waals surface area contributed by atoms with Crippen molar-refractivity contribution >= 4 is 0 Å². The largest absolute Gasteiger partial charge is 0.311 e. The van der Waals surface area contributed by atoms with Crippen LogP contribution in [0.25, 0.3) is 0 Å². The molecular formula is C10H19N3. The highest BCUT2D eigenvalue weighted by Gasteiger charge is 2.08. The van der Waals surface area contributed by atoms with Gasteiger partial charge in [0.1, 0.15) is 0 Å².